The molecule has 2 rings (SSSR count). The summed E-state index contributed by atoms with van der Waals surface area (Å²) in [7, 11) is 0. The lowest BCUT2D eigenvalue weighted by molar-refractivity contribution is 1.05. The molecular formula is C12H13N3S. The molecule has 4 heteroatoms. The maximum Gasteiger partial charge on any atom is 0.115 e. The summed E-state index contributed by atoms with van der Waals surface area (Å²) >= 11 is 1.68. The SMILES string of the molecule is NCc1ccc(CSc2cnccn2)cc1. The first-order valence-corrected chi connectivity index (χ1v) is 6.04. The van der Waals surface area contributed by atoms with E-state index in [-0.39, 0.29) is 0 Å². The van der Waals surface area contributed by atoms with Gasteiger partial charge in [-0.3, -0.25) is 4.98 Å². The van der Waals surface area contributed by atoms with Crippen LogP contribution in [0.15, 0.2) is 47.9 Å². The second kappa shape index (κ2) is 5.63. The highest BCUT2D eigenvalue weighted by Gasteiger charge is 1.97. The van der Waals surface area contributed by atoms with Crippen LogP contribution in [0.3, 0.4) is 0 Å². The van der Waals surface area contributed by atoms with E-state index in [1.807, 2.05) is 0 Å². The number of benzene rings is 1. The fourth-order valence-electron chi connectivity index (χ4n) is 1.29. The van der Waals surface area contributed by atoms with E-state index in [4.69, 9.17) is 5.73 Å². The van der Waals surface area contributed by atoms with Crippen molar-refractivity contribution in [2.24, 2.45) is 5.73 Å². The minimum atomic E-state index is 0.595. The summed E-state index contributed by atoms with van der Waals surface area (Å²) in [6.07, 6.45) is 5.17. The molecule has 0 aliphatic carbocycles. The molecule has 0 fully saturated rings. The zero-order valence-corrected chi connectivity index (χ0v) is 9.65. The van der Waals surface area contributed by atoms with Crippen molar-refractivity contribution in [2.75, 3.05) is 0 Å². The molecule has 1 heterocycles. The number of aromatic nitrogens is 2. The Balaban J connectivity index is 1.94. The number of hydrogen-bond donors (Lipinski definition) is 1. The number of thioether (sulfide) groups is 1. The maximum absolute atomic E-state index is 5.54. The fraction of sp³-hybridized carbons (Fsp3) is 0.167. The monoisotopic (exact) mass is 231 g/mol. The summed E-state index contributed by atoms with van der Waals surface area (Å²) in [6.45, 7) is 0.595. The Morgan fingerprint density at radius 1 is 1.06 bits per heavy atom. The Labute approximate surface area is 99.1 Å². The molecule has 0 aliphatic rings. The van der Waals surface area contributed by atoms with Gasteiger partial charge in [0.1, 0.15) is 5.03 Å². The van der Waals surface area contributed by atoms with Gasteiger partial charge in [0, 0.05) is 24.7 Å². The van der Waals surface area contributed by atoms with Gasteiger partial charge in [-0.2, -0.15) is 0 Å². The van der Waals surface area contributed by atoms with Crippen LogP contribution in [0.1, 0.15) is 11.1 Å². The van der Waals surface area contributed by atoms with Crippen LogP contribution in [-0.4, -0.2) is 9.97 Å². The molecule has 1 aromatic carbocycles. The van der Waals surface area contributed by atoms with Crippen LogP contribution >= 0.6 is 11.8 Å². The summed E-state index contributed by atoms with van der Waals surface area (Å²) in [5.74, 6) is 0.906. The molecule has 0 unspecified atom stereocenters. The number of hydrogen-bond acceptors (Lipinski definition) is 4. The van der Waals surface area contributed by atoms with Crippen LogP contribution in [0.25, 0.3) is 0 Å². The summed E-state index contributed by atoms with van der Waals surface area (Å²) in [4.78, 5) is 8.23. The van der Waals surface area contributed by atoms with Crippen molar-refractivity contribution in [3.8, 4) is 0 Å². The first kappa shape index (κ1) is 11.1. The first-order valence-electron chi connectivity index (χ1n) is 5.05. The van der Waals surface area contributed by atoms with Crippen molar-refractivity contribution in [2.45, 2.75) is 17.3 Å². The molecule has 16 heavy (non-hydrogen) atoms. The minimum absolute atomic E-state index is 0.595. The van der Waals surface area contributed by atoms with Crippen molar-refractivity contribution < 1.29 is 0 Å². The van der Waals surface area contributed by atoms with Crippen LogP contribution in [0.5, 0.6) is 0 Å². The van der Waals surface area contributed by atoms with E-state index in [2.05, 4.69) is 34.2 Å². The first-order chi connectivity index (χ1) is 7.88. The Morgan fingerprint density at radius 3 is 2.44 bits per heavy atom. The molecule has 0 aliphatic heterocycles. The molecule has 0 saturated carbocycles. The van der Waals surface area contributed by atoms with Gasteiger partial charge in [0.05, 0.1) is 6.20 Å². The molecule has 1 aromatic heterocycles. The number of rotatable bonds is 4. The molecule has 0 saturated heterocycles. The Hall–Kier alpha value is -1.39. The van der Waals surface area contributed by atoms with Gasteiger partial charge in [0.25, 0.3) is 0 Å². The fourth-order valence-corrected chi connectivity index (χ4v) is 2.07. The lowest BCUT2D eigenvalue weighted by Gasteiger charge is -2.02. The summed E-state index contributed by atoms with van der Waals surface area (Å²) < 4.78 is 0. The molecule has 2 aromatic rings. The standard InChI is InChI=1S/C12H13N3S/c13-7-10-1-3-11(4-2-10)9-16-12-8-14-5-6-15-12/h1-6,8H,7,9,13H2. The maximum atomic E-state index is 5.54. The lowest BCUT2D eigenvalue weighted by Crippen LogP contribution is -1.95. The van der Waals surface area contributed by atoms with Gasteiger partial charge in [-0.15, -0.1) is 11.8 Å². The van der Waals surface area contributed by atoms with Gasteiger partial charge in [-0.1, -0.05) is 24.3 Å². The third-order valence-electron chi connectivity index (χ3n) is 2.18. The van der Waals surface area contributed by atoms with E-state index >= 15 is 0 Å². The van der Waals surface area contributed by atoms with Crippen LogP contribution in [0, 0.1) is 0 Å². The van der Waals surface area contributed by atoms with E-state index < -0.39 is 0 Å². The largest absolute Gasteiger partial charge is 0.326 e. The van der Waals surface area contributed by atoms with Crippen molar-refractivity contribution in [1.82, 2.24) is 9.97 Å². The predicted molar refractivity (Wildman–Crippen MR) is 65.9 cm³/mol. The van der Waals surface area contributed by atoms with Crippen molar-refractivity contribution in [3.05, 3.63) is 54.0 Å². The third-order valence-corrected chi connectivity index (χ3v) is 3.17. The highest BCUT2D eigenvalue weighted by molar-refractivity contribution is 7.98. The third kappa shape index (κ3) is 3.05. The van der Waals surface area contributed by atoms with E-state index in [9.17, 15) is 0 Å². The van der Waals surface area contributed by atoms with Gasteiger partial charge in [0.2, 0.25) is 0 Å². The van der Waals surface area contributed by atoms with E-state index in [1.165, 1.54) is 5.56 Å². The van der Waals surface area contributed by atoms with Gasteiger partial charge in [0.15, 0.2) is 0 Å². The van der Waals surface area contributed by atoms with Gasteiger partial charge >= 0.3 is 0 Å². The molecule has 0 atom stereocenters. The van der Waals surface area contributed by atoms with Crippen LogP contribution < -0.4 is 5.73 Å². The van der Waals surface area contributed by atoms with Crippen molar-refractivity contribution in [1.29, 1.82) is 0 Å². The van der Waals surface area contributed by atoms with Crippen LogP contribution in [0.4, 0.5) is 0 Å². The van der Waals surface area contributed by atoms with Crippen molar-refractivity contribution >= 4 is 11.8 Å². The minimum Gasteiger partial charge on any atom is -0.326 e. The van der Waals surface area contributed by atoms with E-state index in [1.54, 1.807) is 30.4 Å². The number of nitrogens with zero attached hydrogens (tertiary/aromatic N) is 2. The highest BCUT2D eigenvalue weighted by atomic mass is 32.2. The average Bonchev–Trinajstić information content (AvgIpc) is 2.38. The van der Waals surface area contributed by atoms with Gasteiger partial charge < -0.3 is 5.73 Å². The molecule has 3 nitrogen and oxygen atoms in total. The second-order valence-electron chi connectivity index (χ2n) is 3.35. The van der Waals surface area contributed by atoms with Gasteiger partial charge in [-0.25, -0.2) is 4.98 Å². The zero-order chi connectivity index (χ0) is 11.2. The molecule has 2 N–H and O–H groups in total. The quantitative estimate of drug-likeness (QED) is 0.820. The normalized spacial score (nSPS) is 10.3. The molecule has 0 radical (unpaired) electrons. The van der Waals surface area contributed by atoms with E-state index in [0.717, 1.165) is 16.3 Å². The van der Waals surface area contributed by atoms with Crippen LogP contribution in [0.2, 0.25) is 0 Å². The molecular weight excluding hydrogens is 218 g/mol. The Morgan fingerprint density at radius 2 is 1.81 bits per heavy atom. The summed E-state index contributed by atoms with van der Waals surface area (Å²) in [5.41, 5.74) is 7.97. The van der Waals surface area contributed by atoms with E-state index in [0.29, 0.717) is 6.54 Å². The topological polar surface area (TPSA) is 51.8 Å². The Kier molecular flexibility index (Phi) is 3.91. The van der Waals surface area contributed by atoms with Crippen molar-refractivity contribution in [3.63, 3.8) is 0 Å². The molecule has 0 spiro atoms. The highest BCUT2D eigenvalue weighted by Crippen LogP contribution is 2.19. The van der Waals surface area contributed by atoms with Gasteiger partial charge in [-0.05, 0) is 11.1 Å². The Bertz CT molecular complexity index is 428. The number of nitrogens with two attached hydrogens (primary N) is 1. The smallest absolute Gasteiger partial charge is 0.115 e. The second-order valence-corrected chi connectivity index (χ2v) is 4.35. The summed E-state index contributed by atoms with van der Waals surface area (Å²) in [6, 6.07) is 8.33. The van der Waals surface area contributed by atoms with Crippen LogP contribution in [-0.2, 0) is 12.3 Å². The zero-order valence-electron chi connectivity index (χ0n) is 8.84. The average molecular weight is 231 g/mol. The molecule has 0 bridgehead atoms. The molecule has 82 valence electrons. The predicted octanol–water partition coefficient (Wildman–Crippen LogP) is 2.23. The molecule has 0 amide bonds. The summed E-state index contributed by atoms with van der Waals surface area (Å²) in [5, 5.41) is 0.949. The lowest BCUT2D eigenvalue weighted by atomic mass is 10.1.